The van der Waals surface area contributed by atoms with Crippen molar-refractivity contribution in [3.63, 3.8) is 0 Å². The van der Waals surface area contributed by atoms with E-state index in [0.717, 1.165) is 11.1 Å². The van der Waals surface area contributed by atoms with Crippen molar-refractivity contribution in [3.8, 4) is 0 Å². The molecule has 0 fully saturated rings. The minimum atomic E-state index is -1.48. The molecule has 0 saturated heterocycles. The van der Waals surface area contributed by atoms with Gasteiger partial charge in [-0.2, -0.15) is 0 Å². The maximum atomic E-state index is 6.01. The second-order valence-electron chi connectivity index (χ2n) is 5.63. The Morgan fingerprint density at radius 2 is 1.38 bits per heavy atom. The first kappa shape index (κ1) is 16.2. The summed E-state index contributed by atoms with van der Waals surface area (Å²) in [6, 6.07) is 1.35. The van der Waals surface area contributed by atoms with Gasteiger partial charge in [-0.25, -0.2) is 0 Å². The summed E-state index contributed by atoms with van der Waals surface area (Å²) in [4.78, 5) is 0. The molecule has 0 aliphatic rings. The fourth-order valence-corrected chi connectivity index (χ4v) is 7.26. The fraction of sp³-hybridized carbons (Fsp3) is 1.00. The molecule has 2 heteroatoms. The van der Waals surface area contributed by atoms with Crippen molar-refractivity contribution in [1.29, 1.82) is 0 Å². The Bertz CT molecular complexity index is 158. The van der Waals surface area contributed by atoms with Gasteiger partial charge in [0.15, 0.2) is 8.32 Å². The molecule has 0 atom stereocenters. The summed E-state index contributed by atoms with van der Waals surface area (Å²) in [7, 11) is 0.458. The molecule has 0 N–H and O–H groups in total. The molecule has 0 spiro atoms. The van der Waals surface area contributed by atoms with E-state index in [2.05, 4.69) is 34.6 Å². The number of hydrogen-bond donors (Lipinski definition) is 0. The van der Waals surface area contributed by atoms with Crippen molar-refractivity contribution >= 4 is 8.32 Å². The maximum Gasteiger partial charge on any atom is 0.197 e. The summed E-state index contributed by atoms with van der Waals surface area (Å²) in [6.45, 7) is 11.7. The largest absolute Gasteiger partial charge is 0.419 e. The first-order valence-corrected chi connectivity index (χ1v) is 9.33. The van der Waals surface area contributed by atoms with Gasteiger partial charge in [0.2, 0.25) is 0 Å². The van der Waals surface area contributed by atoms with E-state index < -0.39 is 8.32 Å². The van der Waals surface area contributed by atoms with E-state index in [1.807, 2.05) is 7.11 Å². The van der Waals surface area contributed by atoms with Crippen LogP contribution < -0.4 is 0 Å². The lowest BCUT2D eigenvalue weighted by atomic mass is 10.2. The molecule has 0 rings (SSSR count). The minimum absolute atomic E-state index is 0.740. The summed E-state index contributed by atoms with van der Waals surface area (Å²) in [5.41, 5.74) is 1.48. The minimum Gasteiger partial charge on any atom is -0.419 e. The van der Waals surface area contributed by atoms with Gasteiger partial charge >= 0.3 is 0 Å². The first-order chi connectivity index (χ1) is 7.51. The molecule has 0 bridgehead atoms. The third-order valence-electron chi connectivity index (χ3n) is 4.01. The highest BCUT2D eigenvalue weighted by molar-refractivity contribution is 6.76. The molecule has 0 aromatic heterocycles. The highest BCUT2D eigenvalue weighted by Gasteiger charge is 2.40. The van der Waals surface area contributed by atoms with Crippen molar-refractivity contribution in [1.82, 2.24) is 0 Å². The normalized spacial score (nSPS) is 12.8. The molecule has 0 aliphatic carbocycles. The van der Waals surface area contributed by atoms with Crippen molar-refractivity contribution in [2.45, 2.75) is 83.8 Å². The molecule has 0 heterocycles. The smallest absolute Gasteiger partial charge is 0.197 e. The summed E-state index contributed by atoms with van der Waals surface area (Å²) >= 11 is 0. The zero-order valence-corrected chi connectivity index (χ0v) is 13.3. The lowest BCUT2D eigenvalue weighted by Crippen LogP contribution is -2.43. The number of hydrogen-bond acceptors (Lipinski definition) is 1. The lowest BCUT2D eigenvalue weighted by Gasteiger charge is -2.37. The predicted molar refractivity (Wildman–Crippen MR) is 76.5 cm³/mol. The quantitative estimate of drug-likeness (QED) is 0.391. The molecule has 0 aromatic rings. The van der Waals surface area contributed by atoms with Crippen LogP contribution in [0.5, 0.6) is 0 Å². The van der Waals surface area contributed by atoms with E-state index in [9.17, 15) is 0 Å². The van der Waals surface area contributed by atoms with Gasteiger partial charge in [-0.05, 0) is 17.1 Å². The van der Waals surface area contributed by atoms with Crippen LogP contribution in [-0.2, 0) is 4.43 Å². The molecule has 0 aromatic carbocycles. The van der Waals surface area contributed by atoms with Gasteiger partial charge < -0.3 is 4.43 Å². The van der Waals surface area contributed by atoms with Gasteiger partial charge in [0, 0.05) is 7.11 Å². The summed E-state index contributed by atoms with van der Waals surface area (Å²) in [6.07, 6.45) is 6.90. The summed E-state index contributed by atoms with van der Waals surface area (Å²) in [5.74, 6) is 0. The lowest BCUT2D eigenvalue weighted by molar-refractivity contribution is 0.367. The van der Waals surface area contributed by atoms with Crippen molar-refractivity contribution in [3.05, 3.63) is 0 Å². The van der Waals surface area contributed by atoms with E-state index in [-0.39, 0.29) is 0 Å². The fourth-order valence-electron chi connectivity index (χ4n) is 2.82. The molecule has 0 amide bonds. The van der Waals surface area contributed by atoms with Gasteiger partial charge in [0.25, 0.3) is 0 Å². The van der Waals surface area contributed by atoms with Gasteiger partial charge in [-0.1, -0.05) is 66.7 Å². The first-order valence-electron chi connectivity index (χ1n) is 7.06. The van der Waals surface area contributed by atoms with Crippen molar-refractivity contribution in [2.75, 3.05) is 7.11 Å². The molecule has 0 saturated carbocycles. The van der Waals surface area contributed by atoms with Crippen LogP contribution in [0.15, 0.2) is 0 Å². The Balaban J connectivity index is 4.12. The van der Waals surface area contributed by atoms with E-state index in [4.69, 9.17) is 4.43 Å². The van der Waals surface area contributed by atoms with E-state index in [1.165, 1.54) is 38.1 Å². The monoisotopic (exact) mass is 244 g/mol. The molecule has 0 aliphatic heterocycles. The Kier molecular flexibility index (Phi) is 8.39. The van der Waals surface area contributed by atoms with Gasteiger partial charge in [-0.3, -0.25) is 0 Å². The standard InChI is InChI=1S/C14H32OSi/c1-7-8-9-10-11-12-16(15-6,13(2)3)14(4)5/h13-14H,7-12H2,1-6H3. The van der Waals surface area contributed by atoms with Crippen LogP contribution in [-0.4, -0.2) is 15.4 Å². The average Bonchev–Trinajstić information content (AvgIpc) is 2.22. The number of unbranched alkanes of at least 4 members (excludes halogenated alkanes) is 4. The van der Waals surface area contributed by atoms with Crippen molar-refractivity contribution < 1.29 is 4.43 Å². The van der Waals surface area contributed by atoms with Gasteiger partial charge in [0.1, 0.15) is 0 Å². The third kappa shape index (κ3) is 4.58. The number of rotatable bonds is 9. The average molecular weight is 244 g/mol. The highest BCUT2D eigenvalue weighted by atomic mass is 28.4. The second-order valence-corrected chi connectivity index (χ2v) is 10.8. The van der Waals surface area contributed by atoms with Crippen LogP contribution in [0.1, 0.15) is 66.7 Å². The second kappa shape index (κ2) is 8.29. The molecule has 98 valence electrons. The third-order valence-corrected chi connectivity index (χ3v) is 9.81. The topological polar surface area (TPSA) is 9.23 Å². The van der Waals surface area contributed by atoms with Crippen LogP contribution in [0.4, 0.5) is 0 Å². The molecular weight excluding hydrogens is 212 g/mol. The predicted octanol–water partition coefficient (Wildman–Crippen LogP) is 5.37. The summed E-state index contributed by atoms with van der Waals surface area (Å²) < 4.78 is 6.01. The highest BCUT2D eigenvalue weighted by Crippen LogP contribution is 2.37. The van der Waals surface area contributed by atoms with Crippen LogP contribution in [0.3, 0.4) is 0 Å². The van der Waals surface area contributed by atoms with Gasteiger partial charge in [-0.15, -0.1) is 0 Å². The molecular formula is C14H32OSi. The summed E-state index contributed by atoms with van der Waals surface area (Å²) in [5, 5.41) is 0. The van der Waals surface area contributed by atoms with Gasteiger partial charge in [0.05, 0.1) is 0 Å². The SMILES string of the molecule is CCCCCCC[Si](OC)(C(C)C)C(C)C. The van der Waals surface area contributed by atoms with E-state index >= 15 is 0 Å². The van der Waals surface area contributed by atoms with Crippen LogP contribution >= 0.6 is 0 Å². The Morgan fingerprint density at radius 3 is 1.75 bits per heavy atom. The Hall–Kier alpha value is 0.177. The molecule has 16 heavy (non-hydrogen) atoms. The Morgan fingerprint density at radius 1 is 0.875 bits per heavy atom. The van der Waals surface area contributed by atoms with Crippen molar-refractivity contribution in [2.24, 2.45) is 0 Å². The molecule has 0 radical (unpaired) electrons. The zero-order valence-electron chi connectivity index (χ0n) is 12.3. The van der Waals surface area contributed by atoms with E-state index in [1.54, 1.807) is 0 Å². The zero-order chi connectivity index (χ0) is 12.6. The van der Waals surface area contributed by atoms with E-state index in [0.29, 0.717) is 0 Å². The molecule has 0 unspecified atom stereocenters. The van der Waals surface area contributed by atoms with Crippen LogP contribution in [0.2, 0.25) is 17.1 Å². The van der Waals surface area contributed by atoms with Crippen LogP contribution in [0.25, 0.3) is 0 Å². The maximum absolute atomic E-state index is 6.01. The Labute approximate surface area is 104 Å². The van der Waals surface area contributed by atoms with Crippen LogP contribution in [0, 0.1) is 0 Å². The molecule has 1 nitrogen and oxygen atoms in total.